The van der Waals surface area contributed by atoms with E-state index in [2.05, 4.69) is 97.5 Å². The Kier molecular flexibility index (Phi) is 4.34. The average molecular weight is 340 g/mol. The maximum Gasteiger partial charge on any atom is 0.106 e. The molecule has 0 spiro atoms. The molecule has 0 atom stereocenters. The van der Waals surface area contributed by atoms with Gasteiger partial charge in [0.15, 0.2) is 0 Å². The van der Waals surface area contributed by atoms with E-state index in [0.717, 1.165) is 23.3 Å². The number of aromatic nitrogens is 2. The van der Waals surface area contributed by atoms with Crippen LogP contribution in [0.1, 0.15) is 38.1 Å². The number of nitrogens with one attached hydrogen (secondary N) is 1. The zero-order valence-corrected chi connectivity index (χ0v) is 15.6. The molecule has 4 aromatic rings. The first kappa shape index (κ1) is 16.6. The van der Waals surface area contributed by atoms with Crippen molar-refractivity contribution in [2.75, 3.05) is 0 Å². The van der Waals surface area contributed by atoms with Crippen LogP contribution in [-0.4, -0.2) is 9.97 Å². The highest BCUT2D eigenvalue weighted by molar-refractivity contribution is 5.82. The maximum atomic E-state index is 4.58. The summed E-state index contributed by atoms with van der Waals surface area (Å²) in [6, 6.07) is 24.1. The number of aryl methyl sites for hydroxylation is 1. The summed E-state index contributed by atoms with van der Waals surface area (Å²) < 4.78 is 0. The van der Waals surface area contributed by atoms with Gasteiger partial charge in [0, 0.05) is 6.42 Å². The monoisotopic (exact) mass is 340 g/mol. The molecule has 0 saturated heterocycles. The van der Waals surface area contributed by atoms with Gasteiger partial charge in [-0.05, 0) is 45.9 Å². The Morgan fingerprint density at radius 2 is 1.31 bits per heavy atom. The minimum atomic E-state index is 0.567. The van der Waals surface area contributed by atoms with Crippen molar-refractivity contribution in [1.82, 2.24) is 9.97 Å². The number of benzene rings is 3. The Balaban J connectivity index is 1.62. The van der Waals surface area contributed by atoms with Crippen LogP contribution < -0.4 is 0 Å². The molecule has 2 heteroatoms. The molecular weight excluding hydrogens is 316 g/mol. The van der Waals surface area contributed by atoms with E-state index in [0.29, 0.717) is 5.92 Å². The summed E-state index contributed by atoms with van der Waals surface area (Å²) in [7, 11) is 0. The summed E-state index contributed by atoms with van der Waals surface area (Å²) in [6.45, 7) is 6.57. The van der Waals surface area contributed by atoms with Gasteiger partial charge >= 0.3 is 0 Å². The topological polar surface area (TPSA) is 28.7 Å². The van der Waals surface area contributed by atoms with E-state index in [-0.39, 0.29) is 0 Å². The van der Waals surface area contributed by atoms with Gasteiger partial charge in [-0.3, -0.25) is 0 Å². The van der Waals surface area contributed by atoms with Crippen LogP contribution in [0.2, 0.25) is 0 Å². The highest BCUT2D eigenvalue weighted by Crippen LogP contribution is 2.28. The first-order valence-corrected chi connectivity index (χ1v) is 9.33. The molecule has 1 N–H and O–H groups in total. The number of imidazole rings is 1. The van der Waals surface area contributed by atoms with Gasteiger partial charge in [0.05, 0.1) is 11.0 Å². The SMILES string of the molecule is CCc1nc2ccc(-c3ccc(-c4ccc(C(C)C)cc4)cc3)cc2[nH]1. The molecule has 0 fully saturated rings. The molecule has 0 radical (unpaired) electrons. The van der Waals surface area contributed by atoms with Crippen LogP contribution in [0, 0.1) is 0 Å². The lowest BCUT2D eigenvalue weighted by Crippen LogP contribution is -1.87. The summed E-state index contributed by atoms with van der Waals surface area (Å²) >= 11 is 0. The fraction of sp³-hybridized carbons (Fsp3) is 0.208. The van der Waals surface area contributed by atoms with Crippen LogP contribution in [0.3, 0.4) is 0 Å². The number of rotatable bonds is 4. The molecule has 0 aliphatic heterocycles. The normalized spacial score (nSPS) is 11.4. The van der Waals surface area contributed by atoms with Crippen molar-refractivity contribution in [1.29, 1.82) is 0 Å². The van der Waals surface area contributed by atoms with Gasteiger partial charge in [-0.2, -0.15) is 0 Å². The van der Waals surface area contributed by atoms with Crippen LogP contribution >= 0.6 is 0 Å². The van der Waals surface area contributed by atoms with Gasteiger partial charge in [-0.15, -0.1) is 0 Å². The zero-order valence-electron chi connectivity index (χ0n) is 15.6. The van der Waals surface area contributed by atoms with Crippen molar-refractivity contribution in [3.8, 4) is 22.3 Å². The Labute approximate surface area is 154 Å². The average Bonchev–Trinajstić information content (AvgIpc) is 3.10. The largest absolute Gasteiger partial charge is 0.342 e. The Morgan fingerprint density at radius 1 is 0.769 bits per heavy atom. The Hall–Kier alpha value is -2.87. The molecule has 26 heavy (non-hydrogen) atoms. The molecule has 0 bridgehead atoms. The van der Waals surface area contributed by atoms with Crippen LogP contribution in [-0.2, 0) is 6.42 Å². The summed E-state index contributed by atoms with van der Waals surface area (Å²) in [5.41, 5.74) is 8.47. The van der Waals surface area contributed by atoms with Crippen LogP contribution in [0.4, 0.5) is 0 Å². The van der Waals surface area contributed by atoms with Gasteiger partial charge < -0.3 is 4.98 Å². The van der Waals surface area contributed by atoms with Crippen molar-refractivity contribution < 1.29 is 0 Å². The molecule has 2 nitrogen and oxygen atoms in total. The molecule has 0 aliphatic carbocycles. The first-order chi connectivity index (χ1) is 12.6. The van der Waals surface area contributed by atoms with E-state index in [1.54, 1.807) is 0 Å². The number of nitrogens with zero attached hydrogens (tertiary/aromatic N) is 1. The van der Waals surface area contributed by atoms with Crippen molar-refractivity contribution >= 4 is 11.0 Å². The third-order valence-electron chi connectivity index (χ3n) is 4.99. The van der Waals surface area contributed by atoms with E-state index >= 15 is 0 Å². The second-order valence-corrected chi connectivity index (χ2v) is 7.12. The van der Waals surface area contributed by atoms with Crippen molar-refractivity contribution in [2.45, 2.75) is 33.1 Å². The number of aromatic amines is 1. The van der Waals surface area contributed by atoms with Gasteiger partial charge in [-0.25, -0.2) is 4.98 Å². The quantitative estimate of drug-likeness (QED) is 0.446. The summed E-state index contributed by atoms with van der Waals surface area (Å²) in [4.78, 5) is 7.98. The molecule has 1 aromatic heterocycles. The lowest BCUT2D eigenvalue weighted by molar-refractivity contribution is 0.867. The lowest BCUT2D eigenvalue weighted by Gasteiger charge is -2.08. The lowest BCUT2D eigenvalue weighted by atomic mass is 9.97. The predicted molar refractivity (Wildman–Crippen MR) is 110 cm³/mol. The fourth-order valence-corrected chi connectivity index (χ4v) is 3.33. The smallest absolute Gasteiger partial charge is 0.106 e. The van der Waals surface area contributed by atoms with Gasteiger partial charge in [0.1, 0.15) is 5.82 Å². The Morgan fingerprint density at radius 3 is 1.88 bits per heavy atom. The highest BCUT2D eigenvalue weighted by atomic mass is 14.9. The number of hydrogen-bond donors (Lipinski definition) is 1. The van der Waals surface area contributed by atoms with E-state index in [1.165, 1.54) is 27.8 Å². The third-order valence-corrected chi connectivity index (χ3v) is 4.99. The van der Waals surface area contributed by atoms with Crippen molar-refractivity contribution in [3.63, 3.8) is 0 Å². The molecule has 4 rings (SSSR count). The minimum absolute atomic E-state index is 0.567. The second-order valence-electron chi connectivity index (χ2n) is 7.12. The van der Waals surface area contributed by atoms with Gasteiger partial charge in [-0.1, -0.05) is 75.4 Å². The van der Waals surface area contributed by atoms with E-state index in [1.807, 2.05) is 0 Å². The van der Waals surface area contributed by atoms with Crippen LogP contribution in [0.25, 0.3) is 33.3 Å². The summed E-state index contributed by atoms with van der Waals surface area (Å²) in [5, 5.41) is 0. The van der Waals surface area contributed by atoms with Crippen LogP contribution in [0.15, 0.2) is 66.7 Å². The molecule has 3 aromatic carbocycles. The molecule has 0 saturated carbocycles. The van der Waals surface area contributed by atoms with Crippen LogP contribution in [0.5, 0.6) is 0 Å². The molecule has 1 heterocycles. The Bertz CT molecular complexity index is 1020. The molecular formula is C24H24N2. The standard InChI is InChI=1S/C24H24N2/c1-4-24-25-22-14-13-21(15-23(22)26-24)20-11-9-19(10-12-20)18-7-5-17(6-8-18)16(2)3/h5-16H,4H2,1-3H3,(H,25,26). The van der Waals surface area contributed by atoms with Crippen molar-refractivity contribution in [2.24, 2.45) is 0 Å². The van der Waals surface area contributed by atoms with E-state index in [9.17, 15) is 0 Å². The summed E-state index contributed by atoms with van der Waals surface area (Å²) in [6.07, 6.45) is 0.925. The minimum Gasteiger partial charge on any atom is -0.342 e. The zero-order chi connectivity index (χ0) is 18.1. The molecule has 0 amide bonds. The second kappa shape index (κ2) is 6.80. The highest BCUT2D eigenvalue weighted by Gasteiger charge is 2.05. The molecule has 0 aliphatic rings. The van der Waals surface area contributed by atoms with E-state index in [4.69, 9.17) is 0 Å². The number of H-pyrrole nitrogens is 1. The predicted octanol–water partition coefficient (Wildman–Crippen LogP) is 6.58. The van der Waals surface area contributed by atoms with Gasteiger partial charge in [0.2, 0.25) is 0 Å². The number of hydrogen-bond acceptors (Lipinski definition) is 1. The summed E-state index contributed by atoms with van der Waals surface area (Å²) in [5.74, 6) is 1.61. The molecule has 130 valence electrons. The first-order valence-electron chi connectivity index (χ1n) is 9.33. The maximum absolute atomic E-state index is 4.58. The molecule has 0 unspecified atom stereocenters. The third kappa shape index (κ3) is 3.15. The van der Waals surface area contributed by atoms with Gasteiger partial charge in [0.25, 0.3) is 0 Å². The fourth-order valence-electron chi connectivity index (χ4n) is 3.33. The van der Waals surface area contributed by atoms with E-state index < -0.39 is 0 Å². The number of fused-ring (bicyclic) bond motifs is 1. The van der Waals surface area contributed by atoms with Crippen molar-refractivity contribution in [3.05, 3.63) is 78.1 Å².